The maximum absolute atomic E-state index is 13.4. The summed E-state index contributed by atoms with van der Waals surface area (Å²) < 4.78 is 36.5. The predicted octanol–water partition coefficient (Wildman–Crippen LogP) is 2.17. The summed E-state index contributed by atoms with van der Waals surface area (Å²) in [4.78, 5) is 29.1. The molecule has 11 heteroatoms. The molecule has 0 bridgehead atoms. The van der Waals surface area contributed by atoms with Gasteiger partial charge in [-0.05, 0) is 37.0 Å². The van der Waals surface area contributed by atoms with Gasteiger partial charge in [0.05, 0.1) is 5.75 Å². The lowest BCUT2D eigenvalue weighted by molar-refractivity contribution is 0.0941. The van der Waals surface area contributed by atoms with Crippen molar-refractivity contribution < 1.29 is 23.4 Å². The fourth-order valence-electron chi connectivity index (χ4n) is 3.44. The number of hydrogen-bond acceptors (Lipinski definition) is 7. The standard InChI is InChI=1S/C20H27FN4O5S/c1-13-11-14(5-6-15(13)21)12-22-19(27)17-18(26)20(28)24(2)16(23-17)7-9-25-8-3-4-10-31(25,29)30/h5-6,11,26,29-30H,3-4,7-10,12H2,1-2H3,(H,22,27). The summed E-state index contributed by atoms with van der Waals surface area (Å²) in [5, 5.41) is 12.7. The topological polar surface area (TPSA) is 128 Å². The van der Waals surface area contributed by atoms with E-state index in [0.29, 0.717) is 23.4 Å². The zero-order chi connectivity index (χ0) is 22.8. The molecule has 2 heterocycles. The van der Waals surface area contributed by atoms with E-state index in [1.807, 2.05) is 0 Å². The lowest BCUT2D eigenvalue weighted by atomic mass is 10.1. The predicted molar refractivity (Wildman–Crippen MR) is 116 cm³/mol. The van der Waals surface area contributed by atoms with Crippen LogP contribution in [0.5, 0.6) is 5.75 Å². The number of carbonyl (C=O) groups is 1. The van der Waals surface area contributed by atoms with Gasteiger partial charge in [-0.25, -0.2) is 13.7 Å². The lowest BCUT2D eigenvalue weighted by Gasteiger charge is -2.46. The Morgan fingerprint density at radius 1 is 1.32 bits per heavy atom. The Balaban J connectivity index is 1.75. The van der Waals surface area contributed by atoms with Gasteiger partial charge in [0, 0.05) is 33.1 Å². The molecular formula is C20H27FN4O5S. The maximum atomic E-state index is 13.4. The number of nitrogens with zero attached hydrogens (tertiary/aromatic N) is 3. The van der Waals surface area contributed by atoms with Gasteiger partial charge in [0.25, 0.3) is 11.5 Å². The van der Waals surface area contributed by atoms with Crippen molar-refractivity contribution in [1.82, 2.24) is 19.2 Å². The van der Waals surface area contributed by atoms with E-state index in [4.69, 9.17) is 0 Å². The molecular weight excluding hydrogens is 427 g/mol. The van der Waals surface area contributed by atoms with Crippen LogP contribution >= 0.6 is 10.8 Å². The van der Waals surface area contributed by atoms with Gasteiger partial charge < -0.3 is 10.4 Å². The van der Waals surface area contributed by atoms with Crippen molar-refractivity contribution in [2.45, 2.75) is 32.7 Å². The van der Waals surface area contributed by atoms with E-state index in [1.165, 1.54) is 19.2 Å². The Morgan fingerprint density at radius 3 is 2.74 bits per heavy atom. The number of carbonyl (C=O) groups excluding carboxylic acids is 1. The molecule has 1 fully saturated rings. The highest BCUT2D eigenvalue weighted by molar-refractivity contribution is 8.22. The molecule has 0 atom stereocenters. The van der Waals surface area contributed by atoms with Crippen LogP contribution in [0.1, 0.15) is 40.3 Å². The van der Waals surface area contributed by atoms with Crippen LogP contribution in [-0.4, -0.2) is 52.8 Å². The second kappa shape index (κ2) is 9.35. The van der Waals surface area contributed by atoms with Crippen molar-refractivity contribution in [3.8, 4) is 5.75 Å². The van der Waals surface area contributed by atoms with E-state index in [9.17, 15) is 28.2 Å². The number of rotatable bonds is 6. The van der Waals surface area contributed by atoms with Gasteiger partial charge >= 0.3 is 0 Å². The average Bonchev–Trinajstić information content (AvgIpc) is 2.73. The first-order valence-corrected chi connectivity index (χ1v) is 11.6. The van der Waals surface area contributed by atoms with Gasteiger partial charge in [-0.1, -0.05) is 12.1 Å². The Morgan fingerprint density at radius 2 is 2.06 bits per heavy atom. The highest BCUT2D eigenvalue weighted by Crippen LogP contribution is 2.46. The first-order chi connectivity index (χ1) is 14.6. The van der Waals surface area contributed by atoms with Crippen LogP contribution in [0.4, 0.5) is 4.39 Å². The van der Waals surface area contributed by atoms with Crippen molar-refractivity contribution >= 4 is 16.7 Å². The number of aromatic nitrogens is 2. The van der Waals surface area contributed by atoms with E-state index in [2.05, 4.69) is 10.3 Å². The molecule has 1 amide bonds. The second-order valence-electron chi connectivity index (χ2n) is 7.58. The van der Waals surface area contributed by atoms with Crippen LogP contribution in [0.25, 0.3) is 0 Å². The smallest absolute Gasteiger partial charge is 0.296 e. The van der Waals surface area contributed by atoms with Crippen molar-refractivity contribution in [2.24, 2.45) is 7.05 Å². The summed E-state index contributed by atoms with van der Waals surface area (Å²) in [5.41, 5.74) is -0.0708. The largest absolute Gasteiger partial charge is 0.501 e. The minimum Gasteiger partial charge on any atom is -0.501 e. The van der Waals surface area contributed by atoms with Gasteiger partial charge in [0.2, 0.25) is 5.75 Å². The van der Waals surface area contributed by atoms with E-state index < -0.39 is 33.7 Å². The fraction of sp³-hybridized carbons (Fsp3) is 0.450. The first kappa shape index (κ1) is 23.2. The van der Waals surface area contributed by atoms with Crippen molar-refractivity contribution in [1.29, 1.82) is 0 Å². The van der Waals surface area contributed by atoms with Crippen LogP contribution in [0.2, 0.25) is 0 Å². The molecule has 2 aromatic rings. The summed E-state index contributed by atoms with van der Waals surface area (Å²) in [7, 11) is -1.40. The van der Waals surface area contributed by atoms with Crippen LogP contribution < -0.4 is 10.9 Å². The molecule has 0 aliphatic carbocycles. The molecule has 1 aromatic heterocycles. The molecule has 9 nitrogen and oxygen atoms in total. The molecule has 0 unspecified atom stereocenters. The van der Waals surface area contributed by atoms with Crippen molar-refractivity contribution in [3.05, 3.63) is 57.0 Å². The average molecular weight is 455 g/mol. The Kier molecular flexibility index (Phi) is 6.99. The Labute approximate surface area is 181 Å². The van der Waals surface area contributed by atoms with Gasteiger partial charge in [0.15, 0.2) is 5.69 Å². The van der Waals surface area contributed by atoms with Gasteiger partial charge in [-0.15, -0.1) is 10.8 Å². The number of aromatic hydroxyl groups is 1. The van der Waals surface area contributed by atoms with Crippen LogP contribution in [0.3, 0.4) is 0 Å². The van der Waals surface area contributed by atoms with Crippen LogP contribution in [0, 0.1) is 12.7 Å². The summed E-state index contributed by atoms with van der Waals surface area (Å²) in [6, 6.07) is 4.42. The summed E-state index contributed by atoms with van der Waals surface area (Å²) >= 11 is 0. The molecule has 1 saturated heterocycles. The third kappa shape index (κ3) is 5.24. The molecule has 1 aliphatic rings. The third-order valence-electron chi connectivity index (χ3n) is 5.32. The molecule has 0 spiro atoms. The van der Waals surface area contributed by atoms with Crippen molar-refractivity contribution in [3.63, 3.8) is 0 Å². The summed E-state index contributed by atoms with van der Waals surface area (Å²) in [5.74, 6) is -1.30. The number of amides is 1. The second-order valence-corrected chi connectivity index (χ2v) is 9.77. The molecule has 3 rings (SSSR count). The highest BCUT2D eigenvalue weighted by Gasteiger charge is 2.27. The first-order valence-electron chi connectivity index (χ1n) is 9.93. The molecule has 4 N–H and O–H groups in total. The third-order valence-corrected chi connectivity index (χ3v) is 7.35. The molecule has 0 saturated carbocycles. The van der Waals surface area contributed by atoms with E-state index in [0.717, 1.165) is 17.4 Å². The van der Waals surface area contributed by atoms with Gasteiger partial charge in [-0.2, -0.15) is 0 Å². The molecule has 170 valence electrons. The number of benzene rings is 1. The van der Waals surface area contributed by atoms with E-state index in [-0.39, 0.29) is 31.2 Å². The monoisotopic (exact) mass is 454 g/mol. The zero-order valence-corrected chi connectivity index (χ0v) is 18.3. The van der Waals surface area contributed by atoms with Gasteiger partial charge in [0.1, 0.15) is 11.6 Å². The minimum absolute atomic E-state index is 0.0697. The normalized spacial score (nSPS) is 17.3. The Bertz CT molecular complexity index is 1040. The number of nitrogens with one attached hydrogen (secondary N) is 1. The van der Waals surface area contributed by atoms with Crippen LogP contribution in [0.15, 0.2) is 23.0 Å². The molecule has 1 aliphatic heterocycles. The number of aryl methyl sites for hydroxylation is 1. The zero-order valence-electron chi connectivity index (χ0n) is 17.5. The maximum Gasteiger partial charge on any atom is 0.296 e. The van der Waals surface area contributed by atoms with E-state index in [1.54, 1.807) is 17.3 Å². The number of hydrogen-bond donors (Lipinski definition) is 4. The van der Waals surface area contributed by atoms with Crippen molar-refractivity contribution in [2.75, 3.05) is 18.8 Å². The van der Waals surface area contributed by atoms with Gasteiger partial charge in [-0.3, -0.25) is 23.3 Å². The Hall–Kier alpha value is -2.47. The highest BCUT2D eigenvalue weighted by atomic mass is 32.3. The van der Waals surface area contributed by atoms with E-state index >= 15 is 0 Å². The summed E-state index contributed by atoms with van der Waals surface area (Å²) in [6.45, 7) is 2.46. The molecule has 1 aromatic carbocycles. The molecule has 0 radical (unpaired) electrons. The summed E-state index contributed by atoms with van der Waals surface area (Å²) in [6.07, 6.45) is 1.78. The number of halogens is 1. The SMILES string of the molecule is Cc1cc(CNC(=O)c2nc(CCN3CCCCS3(O)O)n(C)c(=O)c2O)ccc1F. The van der Waals surface area contributed by atoms with Crippen LogP contribution in [-0.2, 0) is 20.0 Å². The minimum atomic E-state index is -2.83. The lowest BCUT2D eigenvalue weighted by Crippen LogP contribution is -2.37. The molecule has 31 heavy (non-hydrogen) atoms. The fourth-order valence-corrected chi connectivity index (χ4v) is 5.10. The quantitative estimate of drug-likeness (QED) is 0.527.